The lowest BCUT2D eigenvalue weighted by atomic mass is 9.74. The molecule has 4 atom stereocenters. The zero-order valence-electron chi connectivity index (χ0n) is 10.3. The number of carbonyl (C=O) groups excluding carboxylic acids is 2. The summed E-state index contributed by atoms with van der Waals surface area (Å²) in [5.41, 5.74) is 0. The Hall–Kier alpha value is -1.72. The largest absolute Gasteiger partial charge is 0.412 e. The Bertz CT molecular complexity index is 440. The lowest BCUT2D eigenvalue weighted by molar-refractivity contribution is -0.149. The van der Waals surface area contributed by atoms with Gasteiger partial charge in [-0.05, 0) is 12.8 Å². The van der Waals surface area contributed by atoms with E-state index in [4.69, 9.17) is 9.47 Å². The first kappa shape index (κ1) is 11.4. The Morgan fingerprint density at radius 3 is 1.78 bits per heavy atom. The monoisotopic (exact) mass is 250 g/mol. The van der Waals surface area contributed by atoms with Crippen molar-refractivity contribution < 1.29 is 19.1 Å². The average molecular weight is 250 g/mol. The molecule has 0 aromatic carbocycles. The number of hydrogen-bond acceptors (Lipinski definition) is 6. The predicted molar refractivity (Wildman–Crippen MR) is 62.2 cm³/mol. The van der Waals surface area contributed by atoms with E-state index in [2.05, 4.69) is 9.98 Å². The van der Waals surface area contributed by atoms with E-state index in [-0.39, 0.29) is 35.9 Å². The lowest BCUT2D eigenvalue weighted by Crippen LogP contribution is -2.49. The van der Waals surface area contributed by atoms with Gasteiger partial charge in [0.2, 0.25) is 0 Å². The fourth-order valence-electron chi connectivity index (χ4n) is 2.92. The van der Waals surface area contributed by atoms with Gasteiger partial charge in [0.15, 0.2) is 11.8 Å². The van der Waals surface area contributed by atoms with E-state index < -0.39 is 0 Å². The summed E-state index contributed by atoms with van der Waals surface area (Å²) in [7, 11) is 0. The molecule has 2 heterocycles. The normalized spacial score (nSPS) is 38.8. The van der Waals surface area contributed by atoms with Gasteiger partial charge >= 0.3 is 11.9 Å². The van der Waals surface area contributed by atoms with Crippen molar-refractivity contribution in [3.8, 4) is 0 Å². The van der Waals surface area contributed by atoms with Crippen molar-refractivity contribution in [2.24, 2.45) is 21.8 Å². The fraction of sp³-hybridized carbons (Fsp3) is 0.667. The zero-order valence-corrected chi connectivity index (χ0v) is 10.3. The van der Waals surface area contributed by atoms with Gasteiger partial charge in [0.05, 0.1) is 23.9 Å². The quantitative estimate of drug-likeness (QED) is 0.593. The molecule has 0 N–H and O–H groups in total. The van der Waals surface area contributed by atoms with E-state index >= 15 is 0 Å². The molecule has 1 fully saturated rings. The van der Waals surface area contributed by atoms with Crippen LogP contribution in [0.25, 0.3) is 0 Å². The average Bonchev–Trinajstić information content (AvgIpc) is 2.26. The number of fused-ring (bicyclic) bond motifs is 2. The van der Waals surface area contributed by atoms with Crippen molar-refractivity contribution in [2.75, 3.05) is 0 Å². The highest BCUT2D eigenvalue weighted by atomic mass is 16.5. The van der Waals surface area contributed by atoms with Crippen molar-refractivity contribution in [3.63, 3.8) is 0 Å². The molecule has 0 amide bonds. The Kier molecular flexibility index (Phi) is 2.46. The number of hydrogen-bond donors (Lipinski definition) is 0. The third-order valence-electron chi connectivity index (χ3n) is 3.72. The molecule has 1 saturated carbocycles. The van der Waals surface area contributed by atoms with Crippen LogP contribution in [0.3, 0.4) is 0 Å². The third kappa shape index (κ3) is 1.72. The molecule has 0 radical (unpaired) electrons. The number of aliphatic imine (C=N–C) groups is 2. The molecular formula is C12H14N2O4. The molecule has 96 valence electrons. The molecule has 1 aliphatic carbocycles. The van der Waals surface area contributed by atoms with Crippen LogP contribution in [0.2, 0.25) is 0 Å². The van der Waals surface area contributed by atoms with Crippen molar-refractivity contribution in [3.05, 3.63) is 0 Å². The van der Waals surface area contributed by atoms with E-state index in [9.17, 15) is 9.59 Å². The van der Waals surface area contributed by atoms with Crippen LogP contribution in [0.15, 0.2) is 9.98 Å². The lowest BCUT2D eigenvalue weighted by Gasteiger charge is -2.39. The second-order valence-electron chi connectivity index (χ2n) is 4.96. The standard InChI is InChI=1S/C12H14N2O4/c1-5-13-9-4-10-8(3-7(9)11(15)17-5)12(16)18-6(2)14-10/h7-10H,3-4H2,1-2H3. The fourth-order valence-corrected chi connectivity index (χ4v) is 2.92. The Labute approximate surface area is 104 Å². The summed E-state index contributed by atoms with van der Waals surface area (Å²) < 4.78 is 10.0. The number of carbonyl (C=O) groups is 2. The molecule has 6 heteroatoms. The number of esters is 2. The molecule has 2 aliphatic heterocycles. The highest BCUT2D eigenvalue weighted by Crippen LogP contribution is 2.38. The maximum Gasteiger partial charge on any atom is 0.317 e. The van der Waals surface area contributed by atoms with Crippen LogP contribution in [0.1, 0.15) is 26.7 Å². The summed E-state index contributed by atoms with van der Waals surface area (Å²) in [5, 5.41) is 0. The first-order valence-corrected chi connectivity index (χ1v) is 6.07. The highest BCUT2D eigenvalue weighted by Gasteiger charge is 2.48. The minimum absolute atomic E-state index is 0.116. The van der Waals surface area contributed by atoms with Crippen LogP contribution in [0, 0.1) is 11.8 Å². The summed E-state index contributed by atoms with van der Waals surface area (Å²) in [6.07, 6.45) is 1.02. The minimum Gasteiger partial charge on any atom is -0.412 e. The van der Waals surface area contributed by atoms with Crippen LogP contribution in [0.5, 0.6) is 0 Å². The predicted octanol–water partition coefficient (Wildman–Crippen LogP) is 0.700. The second kappa shape index (κ2) is 3.90. The van der Waals surface area contributed by atoms with E-state index in [1.807, 2.05) is 0 Å². The summed E-state index contributed by atoms with van der Waals surface area (Å²) >= 11 is 0. The van der Waals surface area contributed by atoms with Crippen molar-refractivity contribution in [1.29, 1.82) is 0 Å². The van der Waals surface area contributed by atoms with E-state index in [0.29, 0.717) is 24.6 Å². The highest BCUT2D eigenvalue weighted by molar-refractivity contribution is 5.94. The summed E-state index contributed by atoms with van der Waals surface area (Å²) in [4.78, 5) is 32.3. The number of rotatable bonds is 0. The molecule has 0 bridgehead atoms. The van der Waals surface area contributed by atoms with Crippen LogP contribution < -0.4 is 0 Å². The van der Waals surface area contributed by atoms with Gasteiger partial charge < -0.3 is 9.47 Å². The molecule has 0 aromatic heterocycles. The van der Waals surface area contributed by atoms with Crippen LogP contribution in [0.4, 0.5) is 0 Å². The molecule has 18 heavy (non-hydrogen) atoms. The van der Waals surface area contributed by atoms with Gasteiger partial charge in [-0.25, -0.2) is 0 Å². The van der Waals surface area contributed by atoms with Crippen LogP contribution in [-0.2, 0) is 19.1 Å². The Morgan fingerprint density at radius 2 is 1.33 bits per heavy atom. The molecule has 3 rings (SSSR count). The maximum absolute atomic E-state index is 11.8. The van der Waals surface area contributed by atoms with Crippen molar-refractivity contribution in [2.45, 2.75) is 38.8 Å². The number of ether oxygens (including phenoxy) is 2. The van der Waals surface area contributed by atoms with E-state index in [1.54, 1.807) is 13.8 Å². The van der Waals surface area contributed by atoms with Crippen LogP contribution in [-0.4, -0.2) is 35.8 Å². The van der Waals surface area contributed by atoms with Gasteiger partial charge in [-0.2, -0.15) is 0 Å². The number of nitrogens with zero attached hydrogens (tertiary/aromatic N) is 2. The zero-order chi connectivity index (χ0) is 12.9. The molecule has 0 saturated heterocycles. The van der Waals surface area contributed by atoms with E-state index in [1.165, 1.54) is 0 Å². The minimum atomic E-state index is -0.337. The number of cyclic esters (lactones) is 2. The summed E-state index contributed by atoms with van der Waals surface area (Å²) in [6, 6.07) is -0.232. The summed E-state index contributed by atoms with van der Waals surface area (Å²) in [5.74, 6) is -0.445. The first-order chi connectivity index (χ1) is 8.54. The third-order valence-corrected chi connectivity index (χ3v) is 3.72. The second-order valence-corrected chi connectivity index (χ2v) is 4.96. The smallest absolute Gasteiger partial charge is 0.317 e. The molecule has 4 unspecified atom stereocenters. The molecule has 6 nitrogen and oxygen atoms in total. The molecule has 3 aliphatic rings. The van der Waals surface area contributed by atoms with Gasteiger partial charge in [0.25, 0.3) is 0 Å². The molecule has 0 spiro atoms. The Morgan fingerprint density at radius 1 is 0.889 bits per heavy atom. The van der Waals surface area contributed by atoms with Gasteiger partial charge in [-0.1, -0.05) is 0 Å². The van der Waals surface area contributed by atoms with Gasteiger partial charge in [-0.15, -0.1) is 0 Å². The molecule has 0 aromatic rings. The van der Waals surface area contributed by atoms with Crippen LogP contribution >= 0.6 is 0 Å². The topological polar surface area (TPSA) is 77.3 Å². The summed E-state index contributed by atoms with van der Waals surface area (Å²) in [6.45, 7) is 3.34. The SMILES string of the molecule is CC1=NC2CC3N=C(C)OC(=O)C3CC2C(=O)O1. The van der Waals surface area contributed by atoms with Crippen molar-refractivity contribution in [1.82, 2.24) is 0 Å². The van der Waals surface area contributed by atoms with Gasteiger partial charge in [0.1, 0.15) is 0 Å². The van der Waals surface area contributed by atoms with Gasteiger partial charge in [0, 0.05) is 13.8 Å². The van der Waals surface area contributed by atoms with E-state index in [0.717, 1.165) is 0 Å². The Balaban J connectivity index is 1.90. The first-order valence-electron chi connectivity index (χ1n) is 6.07. The molecular weight excluding hydrogens is 236 g/mol. The maximum atomic E-state index is 11.8. The van der Waals surface area contributed by atoms with Gasteiger partial charge in [-0.3, -0.25) is 19.6 Å². The van der Waals surface area contributed by atoms with Crippen molar-refractivity contribution >= 4 is 23.7 Å².